The van der Waals surface area contributed by atoms with Crippen molar-refractivity contribution >= 4 is 23.3 Å². The van der Waals surface area contributed by atoms with Gasteiger partial charge in [-0.3, -0.25) is 0 Å². The van der Waals surface area contributed by atoms with E-state index in [2.05, 4.69) is 15.6 Å². The van der Waals surface area contributed by atoms with Gasteiger partial charge in [0, 0.05) is 13.2 Å². The largest absolute Gasteiger partial charge is 0.477 e. The lowest BCUT2D eigenvalue weighted by molar-refractivity contribution is 0.0701. The lowest BCUT2D eigenvalue weighted by atomic mass is 10.2. The number of carbonyl (C=O) groups is 2. The quantitative estimate of drug-likeness (QED) is 0.739. The second kappa shape index (κ2) is 7.37. The van der Waals surface area contributed by atoms with Crippen molar-refractivity contribution in [2.45, 2.75) is 38.8 Å². The minimum absolute atomic E-state index is 0.214. The molecule has 1 saturated heterocycles. The van der Waals surface area contributed by atoms with E-state index in [1.54, 1.807) is 6.92 Å². The zero-order valence-corrected chi connectivity index (χ0v) is 12.7. The Hall–Kier alpha value is -1.67. The summed E-state index contributed by atoms with van der Waals surface area (Å²) >= 11 is 1.08. The number of hydrogen-bond donors (Lipinski definition) is 3. The standard InChI is InChI=1S/C13H19N3O4S/c1-8-11(12(17)18)21-10(16-8)7-15-13(19)14-5-4-9-3-2-6-20-9/h9H,2-7H2,1H3,(H,17,18)(H2,14,15,19). The number of carboxylic acid groups (broad SMARTS) is 1. The number of amides is 2. The number of carboxylic acids is 1. The van der Waals surface area contributed by atoms with Crippen LogP contribution in [0.5, 0.6) is 0 Å². The number of aromatic carboxylic acids is 1. The average Bonchev–Trinajstić information content (AvgIpc) is 3.06. The summed E-state index contributed by atoms with van der Waals surface area (Å²) in [5.74, 6) is -0.989. The summed E-state index contributed by atoms with van der Waals surface area (Å²) in [5, 5.41) is 14.9. The van der Waals surface area contributed by atoms with Crippen LogP contribution in [0.25, 0.3) is 0 Å². The van der Waals surface area contributed by atoms with Gasteiger partial charge in [0.25, 0.3) is 0 Å². The molecule has 2 rings (SSSR count). The highest BCUT2D eigenvalue weighted by Gasteiger charge is 2.16. The molecule has 0 radical (unpaired) electrons. The third-order valence-electron chi connectivity index (χ3n) is 3.21. The molecule has 7 nitrogen and oxygen atoms in total. The van der Waals surface area contributed by atoms with Crippen LogP contribution in [0.4, 0.5) is 4.79 Å². The molecule has 0 aromatic carbocycles. The number of nitrogens with one attached hydrogen (secondary N) is 2. The fraction of sp³-hybridized carbons (Fsp3) is 0.615. The molecule has 1 aromatic heterocycles. The molecule has 1 fully saturated rings. The van der Waals surface area contributed by atoms with Gasteiger partial charge in [-0.05, 0) is 26.2 Å². The minimum Gasteiger partial charge on any atom is -0.477 e. The molecule has 116 valence electrons. The number of ether oxygens (including phenoxy) is 1. The molecule has 0 bridgehead atoms. The highest BCUT2D eigenvalue weighted by molar-refractivity contribution is 7.13. The topological polar surface area (TPSA) is 101 Å². The normalized spacial score (nSPS) is 17.7. The van der Waals surface area contributed by atoms with Crippen LogP contribution in [0.15, 0.2) is 0 Å². The molecule has 0 aliphatic carbocycles. The molecule has 1 aromatic rings. The van der Waals surface area contributed by atoms with Gasteiger partial charge in [0.1, 0.15) is 9.88 Å². The Kier molecular flexibility index (Phi) is 5.51. The molecular formula is C13H19N3O4S. The first-order valence-corrected chi connectivity index (χ1v) is 7.71. The molecule has 1 atom stereocenters. The molecule has 1 aliphatic rings. The van der Waals surface area contributed by atoms with E-state index in [1.165, 1.54) is 0 Å². The Morgan fingerprint density at radius 3 is 2.90 bits per heavy atom. The fourth-order valence-electron chi connectivity index (χ4n) is 2.16. The molecule has 8 heteroatoms. The number of aromatic nitrogens is 1. The summed E-state index contributed by atoms with van der Waals surface area (Å²) in [6, 6.07) is -0.280. The molecule has 0 spiro atoms. The van der Waals surface area contributed by atoms with Crippen molar-refractivity contribution in [3.63, 3.8) is 0 Å². The van der Waals surface area contributed by atoms with E-state index in [9.17, 15) is 9.59 Å². The number of urea groups is 1. The fourth-order valence-corrected chi connectivity index (χ4v) is 3.01. The van der Waals surface area contributed by atoms with Gasteiger partial charge in [-0.25, -0.2) is 14.6 Å². The van der Waals surface area contributed by atoms with Crippen LogP contribution >= 0.6 is 11.3 Å². The van der Waals surface area contributed by atoms with E-state index in [0.717, 1.165) is 37.2 Å². The van der Waals surface area contributed by atoms with Crippen molar-refractivity contribution in [3.05, 3.63) is 15.6 Å². The van der Waals surface area contributed by atoms with Crippen molar-refractivity contribution in [3.8, 4) is 0 Å². The van der Waals surface area contributed by atoms with Gasteiger partial charge < -0.3 is 20.5 Å². The van der Waals surface area contributed by atoms with Crippen molar-refractivity contribution in [1.29, 1.82) is 0 Å². The van der Waals surface area contributed by atoms with Gasteiger partial charge in [-0.1, -0.05) is 0 Å². The SMILES string of the molecule is Cc1nc(CNC(=O)NCCC2CCCO2)sc1C(=O)O. The smallest absolute Gasteiger partial charge is 0.347 e. The predicted octanol–water partition coefficient (Wildman–Crippen LogP) is 1.52. The lowest BCUT2D eigenvalue weighted by Gasteiger charge is -2.10. The van der Waals surface area contributed by atoms with Gasteiger partial charge in [-0.15, -0.1) is 11.3 Å². The van der Waals surface area contributed by atoms with Crippen LogP contribution in [-0.4, -0.2) is 41.3 Å². The zero-order valence-electron chi connectivity index (χ0n) is 11.8. The summed E-state index contributed by atoms with van der Waals surface area (Å²) in [6.07, 6.45) is 3.21. The van der Waals surface area contributed by atoms with E-state index in [0.29, 0.717) is 17.2 Å². The molecule has 3 N–H and O–H groups in total. The zero-order chi connectivity index (χ0) is 15.2. The van der Waals surface area contributed by atoms with E-state index in [-0.39, 0.29) is 23.6 Å². The summed E-state index contributed by atoms with van der Waals surface area (Å²) in [5.41, 5.74) is 0.475. The van der Waals surface area contributed by atoms with Crippen molar-refractivity contribution in [1.82, 2.24) is 15.6 Å². The Labute approximate surface area is 126 Å². The van der Waals surface area contributed by atoms with Crippen LogP contribution < -0.4 is 10.6 Å². The van der Waals surface area contributed by atoms with Crippen LogP contribution in [0.1, 0.15) is 39.6 Å². The molecule has 0 saturated carbocycles. The van der Waals surface area contributed by atoms with E-state index < -0.39 is 5.97 Å². The summed E-state index contributed by atoms with van der Waals surface area (Å²) in [7, 11) is 0. The third-order valence-corrected chi connectivity index (χ3v) is 4.36. The Balaban J connectivity index is 1.68. The first-order valence-electron chi connectivity index (χ1n) is 6.89. The summed E-state index contributed by atoms with van der Waals surface area (Å²) in [4.78, 5) is 26.8. The molecular weight excluding hydrogens is 294 g/mol. The first-order chi connectivity index (χ1) is 10.1. The number of carbonyl (C=O) groups excluding carboxylic acids is 1. The van der Waals surface area contributed by atoms with E-state index in [4.69, 9.17) is 9.84 Å². The van der Waals surface area contributed by atoms with Gasteiger partial charge in [-0.2, -0.15) is 0 Å². The van der Waals surface area contributed by atoms with Gasteiger partial charge in [0.15, 0.2) is 0 Å². The second-order valence-electron chi connectivity index (χ2n) is 4.86. The van der Waals surface area contributed by atoms with Crippen LogP contribution in [-0.2, 0) is 11.3 Å². The number of hydrogen-bond acceptors (Lipinski definition) is 5. The number of aryl methyl sites for hydroxylation is 1. The van der Waals surface area contributed by atoms with Gasteiger partial charge in [0.2, 0.25) is 0 Å². The van der Waals surface area contributed by atoms with Crippen molar-refractivity contribution < 1.29 is 19.4 Å². The summed E-state index contributed by atoms with van der Waals surface area (Å²) in [6.45, 7) is 3.25. The Bertz CT molecular complexity index is 512. The molecule has 2 amide bonds. The van der Waals surface area contributed by atoms with Crippen molar-refractivity contribution in [2.24, 2.45) is 0 Å². The lowest BCUT2D eigenvalue weighted by Crippen LogP contribution is -2.36. The van der Waals surface area contributed by atoms with Gasteiger partial charge >= 0.3 is 12.0 Å². The minimum atomic E-state index is -0.989. The molecule has 2 heterocycles. The maximum absolute atomic E-state index is 11.6. The maximum atomic E-state index is 11.6. The average molecular weight is 313 g/mol. The highest BCUT2D eigenvalue weighted by atomic mass is 32.1. The monoisotopic (exact) mass is 313 g/mol. The Morgan fingerprint density at radius 1 is 1.48 bits per heavy atom. The molecule has 1 aliphatic heterocycles. The maximum Gasteiger partial charge on any atom is 0.347 e. The first kappa shape index (κ1) is 15.7. The number of thiazole rings is 1. The number of rotatable bonds is 6. The molecule has 1 unspecified atom stereocenters. The van der Waals surface area contributed by atoms with Crippen LogP contribution in [0.3, 0.4) is 0 Å². The van der Waals surface area contributed by atoms with E-state index >= 15 is 0 Å². The predicted molar refractivity (Wildman–Crippen MR) is 77.6 cm³/mol. The Morgan fingerprint density at radius 2 is 2.29 bits per heavy atom. The van der Waals surface area contributed by atoms with Crippen LogP contribution in [0.2, 0.25) is 0 Å². The third kappa shape index (κ3) is 4.68. The van der Waals surface area contributed by atoms with Gasteiger partial charge in [0.05, 0.1) is 18.3 Å². The second-order valence-corrected chi connectivity index (χ2v) is 5.94. The van der Waals surface area contributed by atoms with Crippen molar-refractivity contribution in [2.75, 3.05) is 13.2 Å². The number of nitrogens with zero attached hydrogens (tertiary/aromatic N) is 1. The highest BCUT2D eigenvalue weighted by Crippen LogP contribution is 2.17. The van der Waals surface area contributed by atoms with E-state index in [1.807, 2.05) is 0 Å². The summed E-state index contributed by atoms with van der Waals surface area (Å²) < 4.78 is 5.47. The molecule has 21 heavy (non-hydrogen) atoms. The van der Waals surface area contributed by atoms with Crippen LogP contribution in [0, 0.1) is 6.92 Å².